The second-order valence-corrected chi connectivity index (χ2v) is 9.41. The van der Waals surface area contributed by atoms with E-state index in [1.807, 2.05) is 19.9 Å². The molecule has 0 bridgehead atoms. The minimum atomic E-state index is -0.899. The van der Waals surface area contributed by atoms with Crippen LogP contribution in [0.1, 0.15) is 60.3 Å². The summed E-state index contributed by atoms with van der Waals surface area (Å²) in [7, 11) is 0. The van der Waals surface area contributed by atoms with E-state index in [1.54, 1.807) is 74.5 Å². The molecule has 7 heteroatoms. The van der Waals surface area contributed by atoms with Gasteiger partial charge in [-0.1, -0.05) is 43.3 Å². The minimum absolute atomic E-state index is 0.0296. The Kier molecular flexibility index (Phi) is 7.96. The third-order valence-corrected chi connectivity index (χ3v) is 6.17. The molecule has 1 aliphatic heterocycles. The average Bonchev–Trinajstić information content (AvgIpc) is 3.17. The predicted octanol–water partition coefficient (Wildman–Crippen LogP) is 5.98. The Morgan fingerprint density at radius 1 is 0.974 bits per heavy atom. The standard InChI is InChI=1S/C31H31NO6/c1-5-16-37-25-15-14-22(17-20(25)4)28(33)26-27(21-10-7-6-8-11-21)32(30(35)29(26)34)24-13-9-12-23(18-24)31(36)38-19(2)3/h6-15,17-19,27,33H,5,16H2,1-4H3/b28-26+. The first kappa shape index (κ1) is 26.7. The summed E-state index contributed by atoms with van der Waals surface area (Å²) in [6, 6.07) is 19.7. The summed E-state index contributed by atoms with van der Waals surface area (Å²) in [6.45, 7) is 7.94. The van der Waals surface area contributed by atoms with Crippen LogP contribution < -0.4 is 9.64 Å². The lowest BCUT2D eigenvalue weighted by molar-refractivity contribution is -0.132. The van der Waals surface area contributed by atoms with Gasteiger partial charge in [-0.2, -0.15) is 0 Å². The molecule has 0 aliphatic carbocycles. The van der Waals surface area contributed by atoms with Crippen molar-refractivity contribution in [2.45, 2.75) is 46.3 Å². The zero-order valence-corrected chi connectivity index (χ0v) is 21.9. The second-order valence-electron chi connectivity index (χ2n) is 9.41. The number of aryl methyl sites for hydroxylation is 1. The van der Waals surface area contributed by atoms with E-state index in [0.717, 1.165) is 12.0 Å². The summed E-state index contributed by atoms with van der Waals surface area (Å²) in [4.78, 5) is 40.7. The fourth-order valence-corrected chi connectivity index (χ4v) is 4.44. The van der Waals surface area contributed by atoms with Crippen molar-refractivity contribution in [3.63, 3.8) is 0 Å². The highest BCUT2D eigenvalue weighted by atomic mass is 16.5. The number of aliphatic hydroxyl groups is 1. The Morgan fingerprint density at radius 3 is 2.37 bits per heavy atom. The van der Waals surface area contributed by atoms with Gasteiger partial charge in [-0.15, -0.1) is 0 Å². The van der Waals surface area contributed by atoms with E-state index in [9.17, 15) is 19.5 Å². The lowest BCUT2D eigenvalue weighted by atomic mass is 9.94. The number of carbonyl (C=O) groups excluding carboxylic acids is 3. The van der Waals surface area contributed by atoms with E-state index in [-0.39, 0.29) is 23.0 Å². The molecule has 7 nitrogen and oxygen atoms in total. The molecule has 3 aromatic rings. The summed E-state index contributed by atoms with van der Waals surface area (Å²) in [6.07, 6.45) is 0.546. The fraction of sp³-hybridized carbons (Fsp3) is 0.258. The number of esters is 1. The van der Waals surface area contributed by atoms with Gasteiger partial charge in [0.05, 0.1) is 29.9 Å². The Labute approximate surface area is 222 Å². The first-order valence-electron chi connectivity index (χ1n) is 12.6. The molecule has 0 saturated carbocycles. The lowest BCUT2D eigenvalue weighted by Crippen LogP contribution is -2.29. The van der Waals surface area contributed by atoms with Crippen LogP contribution in [0.3, 0.4) is 0 Å². The number of amides is 1. The maximum Gasteiger partial charge on any atom is 0.338 e. The lowest BCUT2D eigenvalue weighted by Gasteiger charge is -2.26. The van der Waals surface area contributed by atoms with Crippen LogP contribution in [-0.2, 0) is 14.3 Å². The smallest absolute Gasteiger partial charge is 0.338 e. The Hall–Kier alpha value is -4.39. The second kappa shape index (κ2) is 11.3. The molecule has 3 aromatic carbocycles. The molecule has 0 spiro atoms. The van der Waals surface area contributed by atoms with Crippen molar-refractivity contribution in [1.29, 1.82) is 0 Å². The van der Waals surface area contributed by atoms with Crippen molar-refractivity contribution in [3.8, 4) is 5.75 Å². The fourth-order valence-electron chi connectivity index (χ4n) is 4.44. The molecule has 1 fully saturated rings. The SMILES string of the molecule is CCCOc1ccc(/C(O)=C2\C(=O)C(=O)N(c3cccc(C(=O)OC(C)C)c3)C2c2ccccc2)cc1C. The van der Waals surface area contributed by atoms with Crippen LogP contribution in [0.2, 0.25) is 0 Å². The zero-order valence-electron chi connectivity index (χ0n) is 21.9. The van der Waals surface area contributed by atoms with E-state index in [1.165, 1.54) is 11.0 Å². The number of hydrogen-bond donors (Lipinski definition) is 1. The van der Waals surface area contributed by atoms with Crippen LogP contribution in [0.4, 0.5) is 5.69 Å². The highest BCUT2D eigenvalue weighted by molar-refractivity contribution is 6.51. The number of rotatable bonds is 8. The van der Waals surface area contributed by atoms with E-state index in [0.29, 0.717) is 29.2 Å². The maximum atomic E-state index is 13.4. The molecule has 196 valence electrons. The average molecular weight is 514 g/mol. The summed E-state index contributed by atoms with van der Waals surface area (Å²) in [5, 5.41) is 11.4. The van der Waals surface area contributed by atoms with Crippen LogP contribution >= 0.6 is 0 Å². The summed E-state index contributed by atoms with van der Waals surface area (Å²) >= 11 is 0. The van der Waals surface area contributed by atoms with Crippen molar-refractivity contribution < 1.29 is 29.0 Å². The molecule has 0 aromatic heterocycles. The van der Waals surface area contributed by atoms with Crippen LogP contribution in [0.25, 0.3) is 5.76 Å². The number of ketones is 1. The van der Waals surface area contributed by atoms with Gasteiger partial charge in [-0.05, 0) is 74.7 Å². The topological polar surface area (TPSA) is 93.1 Å². The van der Waals surface area contributed by atoms with Crippen molar-refractivity contribution in [2.24, 2.45) is 0 Å². The molecule has 1 N–H and O–H groups in total. The minimum Gasteiger partial charge on any atom is -0.507 e. The number of aliphatic hydroxyl groups excluding tert-OH is 1. The molecule has 1 aliphatic rings. The van der Waals surface area contributed by atoms with Gasteiger partial charge in [0.15, 0.2) is 0 Å². The van der Waals surface area contributed by atoms with Gasteiger partial charge in [-0.25, -0.2) is 4.79 Å². The highest BCUT2D eigenvalue weighted by Crippen LogP contribution is 2.42. The summed E-state index contributed by atoms with van der Waals surface area (Å²) in [5.74, 6) is -1.73. The van der Waals surface area contributed by atoms with Gasteiger partial charge < -0.3 is 14.6 Å². The number of hydrogen-bond acceptors (Lipinski definition) is 6. The largest absolute Gasteiger partial charge is 0.507 e. The molecule has 38 heavy (non-hydrogen) atoms. The molecular formula is C31H31NO6. The molecular weight excluding hydrogens is 482 g/mol. The van der Waals surface area contributed by atoms with Crippen LogP contribution in [-0.4, -0.2) is 35.5 Å². The summed E-state index contributed by atoms with van der Waals surface area (Å²) in [5.41, 5.74) is 2.41. The normalized spacial score (nSPS) is 16.7. The van der Waals surface area contributed by atoms with Gasteiger partial charge in [0.25, 0.3) is 11.7 Å². The predicted molar refractivity (Wildman–Crippen MR) is 145 cm³/mol. The Bertz CT molecular complexity index is 1390. The van der Waals surface area contributed by atoms with Gasteiger partial charge in [-0.3, -0.25) is 14.5 Å². The number of ether oxygens (including phenoxy) is 2. The third-order valence-electron chi connectivity index (χ3n) is 6.17. The highest BCUT2D eigenvalue weighted by Gasteiger charge is 2.47. The first-order chi connectivity index (χ1) is 18.2. The van der Waals surface area contributed by atoms with E-state index in [4.69, 9.17) is 9.47 Å². The van der Waals surface area contributed by atoms with Gasteiger partial charge in [0.1, 0.15) is 11.5 Å². The number of anilines is 1. The van der Waals surface area contributed by atoms with Crippen molar-refractivity contribution >= 4 is 29.1 Å². The molecule has 1 heterocycles. The first-order valence-corrected chi connectivity index (χ1v) is 12.6. The molecule has 4 rings (SSSR count). The Balaban J connectivity index is 1.84. The van der Waals surface area contributed by atoms with Gasteiger partial charge in [0.2, 0.25) is 0 Å². The van der Waals surface area contributed by atoms with Gasteiger partial charge >= 0.3 is 5.97 Å². The van der Waals surface area contributed by atoms with Crippen molar-refractivity contribution in [2.75, 3.05) is 11.5 Å². The molecule has 0 radical (unpaired) electrons. The maximum absolute atomic E-state index is 13.4. The van der Waals surface area contributed by atoms with Crippen LogP contribution in [0.5, 0.6) is 5.75 Å². The third kappa shape index (κ3) is 5.32. The quantitative estimate of drug-likeness (QED) is 0.173. The Morgan fingerprint density at radius 2 is 1.71 bits per heavy atom. The molecule has 1 saturated heterocycles. The van der Waals surface area contributed by atoms with Crippen molar-refractivity contribution in [1.82, 2.24) is 0 Å². The van der Waals surface area contributed by atoms with E-state index >= 15 is 0 Å². The van der Waals surface area contributed by atoms with Crippen molar-refractivity contribution in [3.05, 3.63) is 101 Å². The monoisotopic (exact) mass is 513 g/mol. The molecule has 1 amide bonds. The zero-order chi connectivity index (χ0) is 27.4. The molecule has 1 atom stereocenters. The summed E-state index contributed by atoms with van der Waals surface area (Å²) < 4.78 is 11.0. The van der Waals surface area contributed by atoms with Crippen LogP contribution in [0, 0.1) is 6.92 Å². The van der Waals surface area contributed by atoms with Crippen LogP contribution in [0.15, 0.2) is 78.4 Å². The van der Waals surface area contributed by atoms with E-state index in [2.05, 4.69) is 0 Å². The number of carbonyl (C=O) groups is 3. The van der Waals surface area contributed by atoms with E-state index < -0.39 is 23.7 Å². The number of benzene rings is 3. The number of Topliss-reactive ketones (excluding diaryl/α,β-unsaturated/α-hetero) is 1. The molecule has 1 unspecified atom stereocenters. The van der Waals surface area contributed by atoms with Gasteiger partial charge in [0, 0.05) is 11.3 Å². The number of nitrogens with zero attached hydrogens (tertiary/aromatic N) is 1.